The van der Waals surface area contributed by atoms with Gasteiger partial charge in [0.15, 0.2) is 0 Å². The van der Waals surface area contributed by atoms with Gasteiger partial charge in [0, 0.05) is 44.3 Å². The SMILES string of the molecule is CC(C)Nc1cc(N2CCN(C(C)C)CC2)ncn1. The lowest BCUT2D eigenvalue weighted by Gasteiger charge is -2.37. The quantitative estimate of drug-likeness (QED) is 0.898. The van der Waals surface area contributed by atoms with Gasteiger partial charge in [-0.05, 0) is 27.7 Å². The Bertz CT molecular complexity index is 397. The van der Waals surface area contributed by atoms with E-state index >= 15 is 0 Å². The summed E-state index contributed by atoms with van der Waals surface area (Å²) in [4.78, 5) is 13.5. The van der Waals surface area contributed by atoms with E-state index in [1.54, 1.807) is 6.33 Å². The first-order valence-corrected chi connectivity index (χ1v) is 7.14. The first-order valence-electron chi connectivity index (χ1n) is 7.14. The summed E-state index contributed by atoms with van der Waals surface area (Å²) in [6, 6.07) is 3.07. The highest BCUT2D eigenvalue weighted by Gasteiger charge is 2.19. The Balaban J connectivity index is 1.99. The van der Waals surface area contributed by atoms with Crippen molar-refractivity contribution in [1.82, 2.24) is 14.9 Å². The van der Waals surface area contributed by atoms with E-state index in [9.17, 15) is 0 Å². The number of hydrogen-bond donors (Lipinski definition) is 1. The van der Waals surface area contributed by atoms with E-state index in [0.717, 1.165) is 37.8 Å². The Morgan fingerprint density at radius 3 is 2.32 bits per heavy atom. The second-order valence-electron chi connectivity index (χ2n) is 5.68. The van der Waals surface area contributed by atoms with E-state index in [4.69, 9.17) is 0 Å². The summed E-state index contributed by atoms with van der Waals surface area (Å²) in [5, 5.41) is 3.32. The second kappa shape index (κ2) is 6.19. The molecule has 2 heterocycles. The van der Waals surface area contributed by atoms with Crippen molar-refractivity contribution < 1.29 is 0 Å². The van der Waals surface area contributed by atoms with Crippen LogP contribution in [-0.4, -0.2) is 53.1 Å². The molecule has 0 saturated carbocycles. The Labute approximate surface area is 116 Å². The van der Waals surface area contributed by atoms with E-state index in [2.05, 4.69) is 52.8 Å². The Morgan fingerprint density at radius 1 is 1.05 bits per heavy atom. The number of hydrogen-bond acceptors (Lipinski definition) is 5. The summed E-state index contributed by atoms with van der Waals surface area (Å²) in [6.07, 6.45) is 1.65. The predicted octanol–water partition coefficient (Wildman–Crippen LogP) is 1.83. The van der Waals surface area contributed by atoms with Gasteiger partial charge in [-0.1, -0.05) is 0 Å². The molecule has 0 aliphatic carbocycles. The molecule has 1 fully saturated rings. The first kappa shape index (κ1) is 14.1. The molecule has 5 heteroatoms. The lowest BCUT2D eigenvalue weighted by molar-refractivity contribution is 0.209. The maximum Gasteiger partial charge on any atom is 0.134 e. The van der Waals surface area contributed by atoms with Gasteiger partial charge >= 0.3 is 0 Å². The minimum atomic E-state index is 0.389. The fourth-order valence-electron chi connectivity index (χ4n) is 2.36. The minimum Gasteiger partial charge on any atom is -0.368 e. The molecule has 0 spiro atoms. The number of anilines is 2. The smallest absolute Gasteiger partial charge is 0.134 e. The molecule has 0 bridgehead atoms. The monoisotopic (exact) mass is 263 g/mol. The van der Waals surface area contributed by atoms with E-state index < -0.39 is 0 Å². The molecule has 0 amide bonds. The van der Waals surface area contributed by atoms with Gasteiger partial charge in [0.05, 0.1) is 0 Å². The maximum absolute atomic E-state index is 4.40. The van der Waals surface area contributed by atoms with Gasteiger partial charge in [-0.25, -0.2) is 9.97 Å². The predicted molar refractivity (Wildman–Crippen MR) is 79.7 cm³/mol. The number of piperazine rings is 1. The molecule has 2 rings (SSSR count). The second-order valence-corrected chi connectivity index (χ2v) is 5.68. The average molecular weight is 263 g/mol. The Kier molecular flexibility index (Phi) is 4.58. The summed E-state index contributed by atoms with van der Waals surface area (Å²) < 4.78 is 0. The van der Waals surface area contributed by atoms with E-state index in [0.29, 0.717) is 12.1 Å². The molecule has 1 saturated heterocycles. The van der Waals surface area contributed by atoms with Crippen molar-refractivity contribution in [2.45, 2.75) is 39.8 Å². The molecule has 106 valence electrons. The van der Waals surface area contributed by atoms with Crippen molar-refractivity contribution in [2.75, 3.05) is 36.4 Å². The van der Waals surface area contributed by atoms with Crippen LogP contribution in [0.15, 0.2) is 12.4 Å². The molecule has 1 aliphatic rings. The van der Waals surface area contributed by atoms with Gasteiger partial charge in [0.2, 0.25) is 0 Å². The van der Waals surface area contributed by atoms with Gasteiger partial charge < -0.3 is 10.2 Å². The fourth-order valence-corrected chi connectivity index (χ4v) is 2.36. The number of nitrogens with one attached hydrogen (secondary N) is 1. The van der Waals surface area contributed by atoms with Gasteiger partial charge in [-0.15, -0.1) is 0 Å². The van der Waals surface area contributed by atoms with Crippen molar-refractivity contribution >= 4 is 11.6 Å². The molecular formula is C14H25N5. The zero-order chi connectivity index (χ0) is 13.8. The zero-order valence-corrected chi connectivity index (χ0v) is 12.4. The van der Waals surface area contributed by atoms with Crippen molar-refractivity contribution in [1.29, 1.82) is 0 Å². The Hall–Kier alpha value is -1.36. The molecule has 0 atom stereocenters. The third kappa shape index (κ3) is 3.80. The molecule has 0 unspecified atom stereocenters. The van der Waals surface area contributed by atoms with Crippen LogP contribution in [0.2, 0.25) is 0 Å². The maximum atomic E-state index is 4.40. The highest BCUT2D eigenvalue weighted by molar-refractivity contribution is 5.49. The third-order valence-electron chi connectivity index (χ3n) is 3.46. The highest BCUT2D eigenvalue weighted by atomic mass is 15.3. The summed E-state index contributed by atoms with van der Waals surface area (Å²) in [6.45, 7) is 13.0. The third-order valence-corrected chi connectivity index (χ3v) is 3.46. The summed E-state index contributed by atoms with van der Waals surface area (Å²) in [5.41, 5.74) is 0. The Morgan fingerprint density at radius 2 is 1.74 bits per heavy atom. The lowest BCUT2D eigenvalue weighted by atomic mass is 10.2. The van der Waals surface area contributed by atoms with Crippen molar-refractivity contribution in [3.63, 3.8) is 0 Å². The van der Waals surface area contributed by atoms with Gasteiger partial charge in [0.25, 0.3) is 0 Å². The largest absolute Gasteiger partial charge is 0.368 e. The van der Waals surface area contributed by atoms with Gasteiger partial charge in [-0.3, -0.25) is 4.90 Å². The van der Waals surface area contributed by atoms with Crippen LogP contribution in [0.4, 0.5) is 11.6 Å². The minimum absolute atomic E-state index is 0.389. The highest BCUT2D eigenvalue weighted by Crippen LogP contribution is 2.17. The molecular weight excluding hydrogens is 238 g/mol. The number of rotatable bonds is 4. The van der Waals surface area contributed by atoms with Crippen LogP contribution in [-0.2, 0) is 0 Å². The van der Waals surface area contributed by atoms with Crippen LogP contribution in [0.5, 0.6) is 0 Å². The fraction of sp³-hybridized carbons (Fsp3) is 0.714. The number of aromatic nitrogens is 2. The van der Waals surface area contributed by atoms with Crippen LogP contribution in [0.1, 0.15) is 27.7 Å². The zero-order valence-electron chi connectivity index (χ0n) is 12.4. The van der Waals surface area contributed by atoms with Crippen molar-refractivity contribution in [3.8, 4) is 0 Å². The summed E-state index contributed by atoms with van der Waals surface area (Å²) >= 11 is 0. The first-order chi connectivity index (χ1) is 9.06. The van der Waals surface area contributed by atoms with Crippen molar-refractivity contribution in [2.24, 2.45) is 0 Å². The van der Waals surface area contributed by atoms with Crippen LogP contribution >= 0.6 is 0 Å². The van der Waals surface area contributed by atoms with E-state index in [1.807, 2.05) is 6.07 Å². The molecule has 19 heavy (non-hydrogen) atoms. The van der Waals surface area contributed by atoms with Crippen molar-refractivity contribution in [3.05, 3.63) is 12.4 Å². The topological polar surface area (TPSA) is 44.3 Å². The summed E-state index contributed by atoms with van der Waals surface area (Å²) in [5.74, 6) is 1.94. The molecule has 1 aromatic heterocycles. The van der Waals surface area contributed by atoms with E-state index in [1.165, 1.54) is 0 Å². The molecule has 5 nitrogen and oxygen atoms in total. The van der Waals surface area contributed by atoms with Crippen LogP contribution < -0.4 is 10.2 Å². The lowest BCUT2D eigenvalue weighted by Crippen LogP contribution is -2.49. The molecule has 1 aromatic rings. The molecule has 0 aromatic carbocycles. The molecule has 1 aliphatic heterocycles. The van der Waals surface area contributed by atoms with Crippen LogP contribution in [0.3, 0.4) is 0 Å². The normalized spacial score (nSPS) is 17.3. The summed E-state index contributed by atoms with van der Waals surface area (Å²) in [7, 11) is 0. The van der Waals surface area contributed by atoms with Gasteiger partial charge in [0.1, 0.15) is 18.0 Å². The van der Waals surface area contributed by atoms with Gasteiger partial charge in [-0.2, -0.15) is 0 Å². The molecule has 1 N–H and O–H groups in total. The average Bonchev–Trinajstić information content (AvgIpc) is 2.38. The van der Waals surface area contributed by atoms with E-state index in [-0.39, 0.29) is 0 Å². The van der Waals surface area contributed by atoms with Crippen LogP contribution in [0, 0.1) is 0 Å². The van der Waals surface area contributed by atoms with Crippen LogP contribution in [0.25, 0.3) is 0 Å². The number of nitrogens with zero attached hydrogens (tertiary/aromatic N) is 4. The standard InChI is InChI=1S/C14H25N5/c1-11(2)17-13-9-14(16-10-15-13)19-7-5-18(6-8-19)12(3)4/h9-12H,5-8H2,1-4H3,(H,15,16,17). The molecule has 0 radical (unpaired) electrons.